The van der Waals surface area contributed by atoms with Gasteiger partial charge in [-0.3, -0.25) is 4.79 Å². The highest BCUT2D eigenvalue weighted by molar-refractivity contribution is 7.91. The molecule has 3 N–H and O–H groups in total. The van der Waals surface area contributed by atoms with E-state index in [0.717, 1.165) is 17.6 Å². The van der Waals surface area contributed by atoms with Crippen LogP contribution in [-0.2, 0) is 29.4 Å². The number of hydrogen-bond acceptors (Lipinski definition) is 9. The first-order valence-corrected chi connectivity index (χ1v) is 13.2. The first kappa shape index (κ1) is 24.2. The Balaban J connectivity index is 2.34. The van der Waals surface area contributed by atoms with Crippen LogP contribution in [-0.4, -0.2) is 57.9 Å². The van der Waals surface area contributed by atoms with E-state index >= 15 is 0 Å². The van der Waals surface area contributed by atoms with Crippen LogP contribution in [0.2, 0.25) is 0 Å². The topological polar surface area (TPSA) is 163 Å². The second-order valence-electron chi connectivity index (χ2n) is 7.60. The number of sulfonamides is 1. The minimum atomic E-state index is -3.92. The summed E-state index contributed by atoms with van der Waals surface area (Å²) in [6, 6.07) is 4.58. The molecular formula is C17H23N3O7S3. The molecule has 0 aliphatic rings. The van der Waals surface area contributed by atoms with E-state index in [0.29, 0.717) is 10.2 Å². The number of hydrogen-bond donors (Lipinski definition) is 2. The van der Waals surface area contributed by atoms with Gasteiger partial charge in [0.15, 0.2) is 15.1 Å². The highest BCUT2D eigenvalue weighted by atomic mass is 32.2. The number of ether oxygens (including phenoxy) is 1. The first-order chi connectivity index (χ1) is 13.6. The largest absolute Gasteiger partial charge is 0.456 e. The third kappa shape index (κ3) is 6.72. The van der Waals surface area contributed by atoms with E-state index in [1.54, 1.807) is 26.8 Å². The fraction of sp³-hybridized carbons (Fsp3) is 0.471. The molecule has 0 aliphatic heterocycles. The smallest absolute Gasteiger partial charge is 0.338 e. The van der Waals surface area contributed by atoms with Gasteiger partial charge in [0.05, 0.1) is 21.5 Å². The van der Waals surface area contributed by atoms with Crippen LogP contribution in [0.15, 0.2) is 18.2 Å². The number of nitrogens with one attached hydrogen (secondary N) is 1. The predicted molar refractivity (Wildman–Crippen MR) is 113 cm³/mol. The first-order valence-electron chi connectivity index (χ1n) is 8.68. The van der Waals surface area contributed by atoms with Gasteiger partial charge in [-0.15, -0.1) is 11.3 Å². The van der Waals surface area contributed by atoms with Crippen LogP contribution in [0.5, 0.6) is 0 Å². The number of sulfone groups is 1. The Bertz CT molecular complexity index is 1180. The normalized spacial score (nSPS) is 13.8. The van der Waals surface area contributed by atoms with Gasteiger partial charge in [-0.05, 0) is 39.0 Å². The Morgan fingerprint density at radius 2 is 1.87 bits per heavy atom. The van der Waals surface area contributed by atoms with Crippen LogP contribution in [0, 0.1) is 0 Å². The van der Waals surface area contributed by atoms with E-state index in [2.05, 4.69) is 10.3 Å². The van der Waals surface area contributed by atoms with Crippen LogP contribution in [0.1, 0.15) is 41.4 Å². The van der Waals surface area contributed by atoms with Crippen molar-refractivity contribution >= 4 is 53.3 Å². The number of carbonyl (C=O) groups is 2. The number of thiazole rings is 1. The van der Waals surface area contributed by atoms with Gasteiger partial charge >= 0.3 is 5.97 Å². The van der Waals surface area contributed by atoms with Crippen molar-refractivity contribution in [1.82, 2.24) is 10.3 Å². The zero-order valence-electron chi connectivity index (χ0n) is 16.8. The van der Waals surface area contributed by atoms with Gasteiger partial charge in [0, 0.05) is 12.8 Å². The Morgan fingerprint density at radius 1 is 1.23 bits per heavy atom. The minimum Gasteiger partial charge on any atom is -0.456 e. The van der Waals surface area contributed by atoms with E-state index < -0.39 is 48.3 Å². The summed E-state index contributed by atoms with van der Waals surface area (Å²) in [6.45, 7) is 4.86. The summed E-state index contributed by atoms with van der Waals surface area (Å²) >= 11 is 0.987. The second kappa shape index (κ2) is 8.57. The number of rotatable bonds is 7. The summed E-state index contributed by atoms with van der Waals surface area (Å²) in [7, 11) is -7.73. The molecule has 10 nitrogen and oxygen atoms in total. The lowest BCUT2D eigenvalue weighted by Crippen LogP contribution is -2.37. The highest BCUT2D eigenvalue weighted by Crippen LogP contribution is 2.31. The summed E-state index contributed by atoms with van der Waals surface area (Å²) in [5.41, 5.74) is -0.109. The SMILES string of the molecule is CC(C)(C)OC(=O)c1ccc2sc(C(C(=O)NCCS(N)(=O)=O)S(C)(=O)=O)nc2c1. The molecule has 0 radical (unpaired) electrons. The molecule has 0 bridgehead atoms. The van der Waals surface area contributed by atoms with Crippen LogP contribution in [0.3, 0.4) is 0 Å². The second-order valence-corrected chi connectivity index (χ2v) is 12.5. The fourth-order valence-electron chi connectivity index (χ4n) is 2.42. The fourth-order valence-corrected chi connectivity index (χ4v) is 5.30. The number of carbonyl (C=O) groups excluding carboxylic acids is 2. The molecule has 1 heterocycles. The number of benzene rings is 1. The van der Waals surface area contributed by atoms with Gasteiger partial charge < -0.3 is 10.1 Å². The predicted octanol–water partition coefficient (Wildman–Crippen LogP) is 0.742. The van der Waals surface area contributed by atoms with Crippen molar-refractivity contribution in [1.29, 1.82) is 0 Å². The average Bonchev–Trinajstić information content (AvgIpc) is 2.92. The number of aromatic nitrogens is 1. The zero-order valence-corrected chi connectivity index (χ0v) is 19.3. The lowest BCUT2D eigenvalue weighted by Gasteiger charge is -2.19. The quantitative estimate of drug-likeness (QED) is 0.552. The molecule has 1 aromatic carbocycles. The number of amides is 1. The molecule has 2 aromatic rings. The standard InChI is InChI=1S/C17H23N3O7S3/c1-17(2,3)27-16(22)10-5-6-12-11(9-10)20-15(28-12)13(29(4,23)24)14(21)19-7-8-30(18,25)26/h5-6,9,13H,7-8H2,1-4H3,(H,19,21)(H2,18,25,26). The van der Waals surface area contributed by atoms with Gasteiger partial charge in [-0.1, -0.05) is 0 Å². The minimum absolute atomic E-state index is 0.00180. The lowest BCUT2D eigenvalue weighted by molar-refractivity contribution is -0.120. The van der Waals surface area contributed by atoms with Crippen molar-refractivity contribution in [2.24, 2.45) is 5.14 Å². The van der Waals surface area contributed by atoms with E-state index in [1.165, 1.54) is 12.1 Å². The van der Waals surface area contributed by atoms with Crippen LogP contribution >= 0.6 is 11.3 Å². The number of nitrogens with two attached hydrogens (primary N) is 1. The number of fused-ring (bicyclic) bond motifs is 1. The van der Waals surface area contributed by atoms with Gasteiger partial charge in [-0.25, -0.2) is 31.8 Å². The van der Waals surface area contributed by atoms with Crippen molar-refractivity contribution in [2.45, 2.75) is 31.6 Å². The maximum atomic E-state index is 12.5. The molecule has 0 saturated carbocycles. The molecule has 0 saturated heterocycles. The van der Waals surface area contributed by atoms with Crippen LogP contribution in [0.4, 0.5) is 0 Å². The maximum absolute atomic E-state index is 12.5. The average molecular weight is 478 g/mol. The zero-order chi connectivity index (χ0) is 22.9. The molecule has 0 aliphatic carbocycles. The van der Waals surface area contributed by atoms with Crippen molar-refractivity contribution in [3.05, 3.63) is 28.8 Å². The summed E-state index contributed by atoms with van der Waals surface area (Å²) < 4.78 is 52.3. The molecule has 166 valence electrons. The number of esters is 1. The molecule has 13 heteroatoms. The molecule has 2 rings (SSSR count). The molecule has 1 unspecified atom stereocenters. The van der Waals surface area contributed by atoms with Gasteiger partial charge in [0.1, 0.15) is 10.6 Å². The Kier molecular flexibility index (Phi) is 6.91. The van der Waals surface area contributed by atoms with Crippen LogP contribution < -0.4 is 10.5 Å². The van der Waals surface area contributed by atoms with E-state index in [1.807, 2.05) is 0 Å². The third-order valence-electron chi connectivity index (χ3n) is 3.62. The molecule has 0 fully saturated rings. The number of primary sulfonamides is 1. The summed E-state index contributed by atoms with van der Waals surface area (Å²) in [4.78, 5) is 28.9. The maximum Gasteiger partial charge on any atom is 0.338 e. The molecule has 1 aromatic heterocycles. The van der Waals surface area contributed by atoms with E-state index in [9.17, 15) is 26.4 Å². The Morgan fingerprint density at radius 3 is 2.40 bits per heavy atom. The molecule has 1 amide bonds. The highest BCUT2D eigenvalue weighted by Gasteiger charge is 2.34. The van der Waals surface area contributed by atoms with E-state index in [-0.39, 0.29) is 17.1 Å². The van der Waals surface area contributed by atoms with Crippen LogP contribution in [0.25, 0.3) is 10.2 Å². The van der Waals surface area contributed by atoms with Gasteiger partial charge in [0.25, 0.3) is 0 Å². The molecule has 30 heavy (non-hydrogen) atoms. The lowest BCUT2D eigenvalue weighted by atomic mass is 10.1. The van der Waals surface area contributed by atoms with Crippen molar-refractivity contribution < 1.29 is 31.2 Å². The van der Waals surface area contributed by atoms with Crippen molar-refractivity contribution in [3.8, 4) is 0 Å². The number of nitrogens with zero attached hydrogens (tertiary/aromatic N) is 1. The monoisotopic (exact) mass is 477 g/mol. The van der Waals surface area contributed by atoms with Crippen molar-refractivity contribution in [3.63, 3.8) is 0 Å². The summed E-state index contributed by atoms with van der Waals surface area (Å²) in [5.74, 6) is -2.00. The van der Waals surface area contributed by atoms with Gasteiger partial charge in [-0.2, -0.15) is 0 Å². The molecular weight excluding hydrogens is 454 g/mol. The van der Waals surface area contributed by atoms with E-state index in [4.69, 9.17) is 9.88 Å². The van der Waals surface area contributed by atoms with Gasteiger partial charge in [0.2, 0.25) is 15.9 Å². The molecule has 0 spiro atoms. The molecule has 1 atom stereocenters. The summed E-state index contributed by atoms with van der Waals surface area (Å²) in [6.07, 6.45) is 0.884. The summed E-state index contributed by atoms with van der Waals surface area (Å²) in [5, 5.41) is 5.51. The van der Waals surface area contributed by atoms with Crippen molar-refractivity contribution in [2.75, 3.05) is 18.6 Å². The third-order valence-corrected chi connectivity index (χ3v) is 6.93. The Labute approximate surface area is 178 Å². The Hall–Kier alpha value is -2.09.